The van der Waals surface area contributed by atoms with E-state index in [4.69, 9.17) is 18.9 Å². The van der Waals surface area contributed by atoms with Gasteiger partial charge in [0.1, 0.15) is 5.75 Å². The summed E-state index contributed by atoms with van der Waals surface area (Å²) in [4.78, 5) is 43.2. The van der Waals surface area contributed by atoms with Crippen LogP contribution in [0.25, 0.3) is 11.8 Å². The maximum atomic E-state index is 14.0. The summed E-state index contributed by atoms with van der Waals surface area (Å²) in [5.74, 6) is 0.594. The van der Waals surface area contributed by atoms with E-state index in [1.807, 2.05) is 58.0 Å². The van der Waals surface area contributed by atoms with Crippen molar-refractivity contribution in [3.63, 3.8) is 0 Å². The van der Waals surface area contributed by atoms with E-state index in [0.29, 0.717) is 45.4 Å². The van der Waals surface area contributed by atoms with Gasteiger partial charge in [-0.05, 0) is 87.4 Å². The van der Waals surface area contributed by atoms with Crippen LogP contribution in [-0.2, 0) is 14.3 Å². The molecule has 3 heterocycles. The third kappa shape index (κ3) is 5.83. The van der Waals surface area contributed by atoms with E-state index in [1.165, 1.54) is 36.1 Å². The fraction of sp³-hybridized carbons (Fsp3) is 0.273. The van der Waals surface area contributed by atoms with Gasteiger partial charge in [0.2, 0.25) is 0 Å². The van der Waals surface area contributed by atoms with Crippen molar-refractivity contribution in [1.29, 1.82) is 0 Å². The molecule has 0 amide bonds. The van der Waals surface area contributed by atoms with Crippen LogP contribution in [0.15, 0.2) is 70.1 Å². The predicted molar refractivity (Wildman–Crippen MR) is 166 cm³/mol. The molecule has 2 aromatic heterocycles. The van der Waals surface area contributed by atoms with Crippen molar-refractivity contribution in [2.45, 2.75) is 40.7 Å². The van der Waals surface area contributed by atoms with Gasteiger partial charge >= 0.3 is 11.9 Å². The molecule has 228 valence electrons. The van der Waals surface area contributed by atoms with Crippen molar-refractivity contribution in [3.05, 3.63) is 103 Å². The van der Waals surface area contributed by atoms with Gasteiger partial charge < -0.3 is 23.5 Å². The molecule has 1 aliphatic rings. The second-order valence-electron chi connectivity index (χ2n) is 10.00. The Labute approximate surface area is 258 Å². The van der Waals surface area contributed by atoms with Gasteiger partial charge in [-0.25, -0.2) is 9.79 Å². The van der Waals surface area contributed by atoms with Gasteiger partial charge in [0.05, 0.1) is 36.5 Å². The van der Waals surface area contributed by atoms with E-state index in [-0.39, 0.29) is 17.1 Å². The van der Waals surface area contributed by atoms with Crippen molar-refractivity contribution >= 4 is 29.4 Å². The molecule has 5 rings (SSSR count). The number of esters is 2. The third-order valence-electron chi connectivity index (χ3n) is 7.12. The largest absolute Gasteiger partial charge is 0.490 e. The fourth-order valence-electron chi connectivity index (χ4n) is 5.29. The van der Waals surface area contributed by atoms with Crippen LogP contribution >= 0.6 is 11.3 Å². The first-order valence-corrected chi connectivity index (χ1v) is 14.9. The Balaban J connectivity index is 1.61. The molecule has 0 saturated carbocycles. The second-order valence-corrected chi connectivity index (χ2v) is 11.0. The van der Waals surface area contributed by atoms with Crippen molar-refractivity contribution in [3.8, 4) is 22.9 Å². The van der Waals surface area contributed by atoms with Crippen LogP contribution in [0, 0.1) is 13.8 Å². The number of thiazole rings is 1. The number of benzene rings is 2. The summed E-state index contributed by atoms with van der Waals surface area (Å²) in [7, 11) is 1.30. The number of fused-ring (bicyclic) bond motifs is 1. The average molecular weight is 616 g/mol. The summed E-state index contributed by atoms with van der Waals surface area (Å²) >= 11 is 1.25. The standard InChI is InChI=1S/C33H33N3O7S/c1-7-41-27-14-9-22(16-28(27)42-8-2)30-26(32(39)40-6)18-34-33-36(30)31(38)29(44-33)17-23-15-19(3)35(20(23)4)24-10-12-25(13-11-24)43-21(5)37/h9-18,30H,7-8H2,1-6H3/b29-17-/t30-/m0/s1. The van der Waals surface area contributed by atoms with Crippen LogP contribution in [0.1, 0.15) is 49.3 Å². The summed E-state index contributed by atoms with van der Waals surface area (Å²) in [6.45, 7) is 9.96. The van der Waals surface area contributed by atoms with Gasteiger partial charge in [-0.15, -0.1) is 0 Å². The van der Waals surface area contributed by atoms with Crippen LogP contribution in [0.3, 0.4) is 0 Å². The maximum absolute atomic E-state index is 14.0. The first-order valence-electron chi connectivity index (χ1n) is 14.1. The third-order valence-corrected chi connectivity index (χ3v) is 8.12. The molecule has 0 fully saturated rings. The van der Waals surface area contributed by atoms with E-state index in [2.05, 4.69) is 9.56 Å². The normalized spacial score (nSPS) is 14.4. The predicted octanol–water partition coefficient (Wildman–Crippen LogP) is 4.15. The lowest BCUT2D eigenvalue weighted by atomic mass is 9.97. The molecule has 1 aliphatic heterocycles. The molecule has 2 aromatic carbocycles. The number of nitrogens with zero attached hydrogens (tertiary/aromatic N) is 3. The van der Waals surface area contributed by atoms with Gasteiger partial charge in [0, 0.05) is 30.2 Å². The highest BCUT2D eigenvalue weighted by molar-refractivity contribution is 7.07. The zero-order chi connectivity index (χ0) is 31.5. The highest BCUT2D eigenvalue weighted by Gasteiger charge is 2.31. The minimum absolute atomic E-state index is 0.230. The van der Waals surface area contributed by atoms with Crippen LogP contribution in [0.2, 0.25) is 0 Å². The number of rotatable bonds is 9. The van der Waals surface area contributed by atoms with Crippen molar-refractivity contribution in [1.82, 2.24) is 9.13 Å². The Morgan fingerprint density at radius 3 is 2.36 bits per heavy atom. The van der Waals surface area contributed by atoms with Crippen molar-refractivity contribution in [2.24, 2.45) is 4.99 Å². The number of ether oxygens (including phenoxy) is 4. The topological polar surface area (TPSA) is 110 Å². The number of methoxy groups -OCH3 is 1. The molecule has 0 radical (unpaired) electrons. The molecule has 44 heavy (non-hydrogen) atoms. The molecule has 0 bridgehead atoms. The second kappa shape index (κ2) is 12.8. The Hall–Kier alpha value is -4.90. The smallest absolute Gasteiger partial charge is 0.337 e. The molecular formula is C33H33N3O7S. The Bertz CT molecular complexity index is 1950. The molecule has 0 spiro atoms. The number of carbonyl (C=O) groups excluding carboxylic acids is 2. The first-order chi connectivity index (χ1) is 21.2. The van der Waals surface area contributed by atoms with E-state index in [1.54, 1.807) is 24.3 Å². The van der Waals surface area contributed by atoms with Crippen molar-refractivity contribution in [2.75, 3.05) is 20.3 Å². The molecule has 1 atom stereocenters. The Kier molecular flexibility index (Phi) is 8.86. The average Bonchev–Trinajstić information content (AvgIpc) is 3.47. The molecule has 0 aliphatic carbocycles. The van der Waals surface area contributed by atoms with E-state index in [0.717, 1.165) is 22.6 Å². The van der Waals surface area contributed by atoms with Crippen LogP contribution in [0.4, 0.5) is 0 Å². The van der Waals surface area contributed by atoms with Gasteiger partial charge in [0.25, 0.3) is 5.56 Å². The molecule has 0 unspecified atom stereocenters. The monoisotopic (exact) mass is 615 g/mol. The van der Waals surface area contributed by atoms with Gasteiger partial charge in [-0.3, -0.25) is 14.2 Å². The van der Waals surface area contributed by atoms with Gasteiger partial charge in [0.15, 0.2) is 16.3 Å². The molecule has 10 nitrogen and oxygen atoms in total. The minimum atomic E-state index is -0.779. The van der Waals surface area contributed by atoms with Gasteiger partial charge in [-0.1, -0.05) is 17.4 Å². The number of hydrogen-bond acceptors (Lipinski definition) is 9. The fourth-order valence-corrected chi connectivity index (χ4v) is 6.25. The minimum Gasteiger partial charge on any atom is -0.490 e. The first kappa shape index (κ1) is 30.6. The number of hydrogen-bond donors (Lipinski definition) is 0. The quantitative estimate of drug-likeness (QED) is 0.206. The number of carbonyl (C=O) groups is 2. The number of aromatic nitrogens is 2. The number of aryl methyl sites for hydroxylation is 1. The zero-order valence-corrected chi connectivity index (χ0v) is 26.2. The van der Waals surface area contributed by atoms with E-state index in [9.17, 15) is 14.4 Å². The summed E-state index contributed by atoms with van der Waals surface area (Å²) in [6, 6.07) is 13.8. The van der Waals surface area contributed by atoms with Crippen LogP contribution < -0.4 is 29.1 Å². The molecule has 0 saturated heterocycles. The Morgan fingerprint density at radius 2 is 1.70 bits per heavy atom. The van der Waals surface area contributed by atoms with Gasteiger partial charge in [-0.2, -0.15) is 0 Å². The van der Waals surface area contributed by atoms with Crippen LogP contribution in [0.5, 0.6) is 17.2 Å². The maximum Gasteiger partial charge on any atom is 0.337 e. The zero-order valence-electron chi connectivity index (χ0n) is 25.4. The lowest BCUT2D eigenvalue weighted by Crippen LogP contribution is -2.39. The molecule has 11 heteroatoms. The lowest BCUT2D eigenvalue weighted by molar-refractivity contribution is -0.136. The van der Waals surface area contributed by atoms with Crippen molar-refractivity contribution < 1.29 is 28.5 Å². The summed E-state index contributed by atoms with van der Waals surface area (Å²) in [5, 5.41) is 0. The van der Waals surface area contributed by atoms with E-state index < -0.39 is 12.0 Å². The SMILES string of the molecule is CCOc1ccc([C@H]2C(C(=O)OC)=CN=c3s/c(=C\c4cc(C)n(-c5ccc(OC(C)=O)cc5)c4C)c(=O)n32)cc1OCC. The summed E-state index contributed by atoms with van der Waals surface area (Å²) in [6.07, 6.45) is 3.31. The lowest BCUT2D eigenvalue weighted by Gasteiger charge is -2.23. The summed E-state index contributed by atoms with van der Waals surface area (Å²) < 4.78 is 25.8. The molecule has 4 aromatic rings. The molecular weight excluding hydrogens is 582 g/mol. The Morgan fingerprint density at radius 1 is 1.00 bits per heavy atom. The highest BCUT2D eigenvalue weighted by Crippen LogP contribution is 2.35. The summed E-state index contributed by atoms with van der Waals surface area (Å²) in [5.41, 5.74) is 4.25. The van der Waals surface area contributed by atoms with Crippen LogP contribution in [-0.4, -0.2) is 41.4 Å². The van der Waals surface area contributed by atoms with E-state index >= 15 is 0 Å². The highest BCUT2D eigenvalue weighted by atomic mass is 32.1. The molecule has 0 N–H and O–H groups in total.